The molecule has 0 radical (unpaired) electrons. The van der Waals surface area contributed by atoms with Gasteiger partial charge in [-0.15, -0.1) is 0 Å². The first-order valence-corrected chi connectivity index (χ1v) is 5.66. The summed E-state index contributed by atoms with van der Waals surface area (Å²) in [6.45, 7) is 1.27. The number of hydrogen-bond donors (Lipinski definition) is 1. The molecule has 2 heterocycles. The van der Waals surface area contributed by atoms with Crippen molar-refractivity contribution in [2.45, 2.75) is 12.5 Å². The van der Waals surface area contributed by atoms with Crippen molar-refractivity contribution in [3.05, 3.63) is 18.0 Å². The predicted octanol–water partition coefficient (Wildman–Crippen LogP) is 0.00110. The molecule has 0 aromatic carbocycles. The van der Waals surface area contributed by atoms with E-state index in [1.165, 1.54) is 19.5 Å². The molecule has 0 bridgehead atoms. The van der Waals surface area contributed by atoms with Crippen LogP contribution >= 0.6 is 0 Å². The second-order valence-corrected chi connectivity index (χ2v) is 4.23. The van der Waals surface area contributed by atoms with Gasteiger partial charge in [0.2, 0.25) is 5.91 Å². The maximum Gasteiger partial charge on any atom is 0.338 e. The molecule has 1 N–H and O–H groups in total. The number of aromatic nitrogens is 2. The minimum atomic E-state index is -0.994. The molecule has 1 aliphatic heterocycles. The van der Waals surface area contributed by atoms with Crippen LogP contribution in [-0.2, 0) is 9.53 Å². The average Bonchev–Trinajstić information content (AvgIpc) is 2.98. The van der Waals surface area contributed by atoms with Crippen LogP contribution in [0.3, 0.4) is 0 Å². The number of aromatic carboxylic acids is 1. The lowest BCUT2D eigenvalue weighted by molar-refractivity contribution is -0.134. The van der Waals surface area contributed by atoms with Crippen molar-refractivity contribution >= 4 is 11.9 Å². The summed E-state index contributed by atoms with van der Waals surface area (Å²) in [5.74, 6) is -1.04. The summed E-state index contributed by atoms with van der Waals surface area (Å²) >= 11 is 0. The summed E-state index contributed by atoms with van der Waals surface area (Å²) in [6, 6.07) is 0.0407. The first-order valence-electron chi connectivity index (χ1n) is 5.66. The van der Waals surface area contributed by atoms with Crippen molar-refractivity contribution in [3.63, 3.8) is 0 Å². The Kier molecular flexibility index (Phi) is 3.61. The van der Waals surface area contributed by atoms with Gasteiger partial charge in [0, 0.05) is 26.4 Å². The van der Waals surface area contributed by atoms with Crippen LogP contribution in [0.25, 0.3) is 0 Å². The van der Waals surface area contributed by atoms with E-state index in [2.05, 4.69) is 5.10 Å². The number of ether oxygens (including phenoxy) is 1. The number of carboxylic acids is 1. The van der Waals surface area contributed by atoms with Crippen molar-refractivity contribution in [2.24, 2.45) is 0 Å². The van der Waals surface area contributed by atoms with E-state index in [-0.39, 0.29) is 24.1 Å². The van der Waals surface area contributed by atoms with Gasteiger partial charge < -0.3 is 14.7 Å². The molecular formula is C11H15N3O4. The summed E-state index contributed by atoms with van der Waals surface area (Å²) in [5.41, 5.74) is 0.164. The molecule has 2 rings (SSSR count). The van der Waals surface area contributed by atoms with Crippen LogP contribution in [-0.4, -0.2) is 58.5 Å². The number of carbonyl (C=O) groups is 2. The van der Waals surface area contributed by atoms with E-state index in [9.17, 15) is 9.59 Å². The highest BCUT2D eigenvalue weighted by molar-refractivity contribution is 5.86. The van der Waals surface area contributed by atoms with E-state index in [0.717, 1.165) is 6.42 Å². The van der Waals surface area contributed by atoms with Crippen LogP contribution in [0.4, 0.5) is 0 Å². The molecule has 1 amide bonds. The first-order chi connectivity index (χ1) is 8.61. The molecule has 1 aliphatic rings. The van der Waals surface area contributed by atoms with Crippen LogP contribution in [0.2, 0.25) is 0 Å². The molecule has 0 unspecified atom stereocenters. The summed E-state index contributed by atoms with van der Waals surface area (Å²) in [7, 11) is 1.48. The Morgan fingerprint density at radius 2 is 2.39 bits per heavy atom. The summed E-state index contributed by atoms with van der Waals surface area (Å²) < 4.78 is 6.42. The van der Waals surface area contributed by atoms with Crippen LogP contribution < -0.4 is 0 Å². The lowest BCUT2D eigenvalue weighted by Crippen LogP contribution is -2.32. The van der Waals surface area contributed by atoms with Crippen LogP contribution in [0.1, 0.15) is 22.8 Å². The van der Waals surface area contributed by atoms with Crippen molar-refractivity contribution < 1.29 is 19.4 Å². The monoisotopic (exact) mass is 253 g/mol. The number of likely N-dealkylation sites (tertiary alicyclic amines) is 1. The van der Waals surface area contributed by atoms with Crippen molar-refractivity contribution in [2.75, 3.05) is 26.8 Å². The van der Waals surface area contributed by atoms with E-state index in [1.54, 1.807) is 9.58 Å². The number of methoxy groups -OCH3 is 1. The zero-order valence-electron chi connectivity index (χ0n) is 10.1. The molecule has 1 saturated heterocycles. The maximum atomic E-state index is 11.6. The van der Waals surface area contributed by atoms with E-state index < -0.39 is 5.97 Å². The zero-order valence-corrected chi connectivity index (χ0v) is 10.1. The molecule has 1 fully saturated rings. The van der Waals surface area contributed by atoms with Crippen LogP contribution in [0.15, 0.2) is 12.4 Å². The van der Waals surface area contributed by atoms with E-state index in [4.69, 9.17) is 9.84 Å². The topological polar surface area (TPSA) is 84.7 Å². The Bertz CT molecular complexity index is 457. The molecule has 1 atom stereocenters. The fourth-order valence-electron chi connectivity index (χ4n) is 2.05. The Morgan fingerprint density at radius 3 is 3.00 bits per heavy atom. The third-order valence-electron chi connectivity index (χ3n) is 3.01. The Morgan fingerprint density at radius 1 is 1.61 bits per heavy atom. The molecule has 7 heteroatoms. The highest BCUT2D eigenvalue weighted by Crippen LogP contribution is 2.21. The molecular weight excluding hydrogens is 238 g/mol. The van der Waals surface area contributed by atoms with Gasteiger partial charge in [0.1, 0.15) is 6.61 Å². The predicted molar refractivity (Wildman–Crippen MR) is 61.3 cm³/mol. The molecule has 0 aliphatic carbocycles. The molecule has 98 valence electrons. The molecule has 0 spiro atoms. The fourth-order valence-corrected chi connectivity index (χ4v) is 2.05. The lowest BCUT2D eigenvalue weighted by atomic mass is 10.3. The minimum Gasteiger partial charge on any atom is -0.478 e. The van der Waals surface area contributed by atoms with Gasteiger partial charge in [-0.3, -0.25) is 9.48 Å². The van der Waals surface area contributed by atoms with Gasteiger partial charge in [-0.1, -0.05) is 0 Å². The normalized spacial score (nSPS) is 19.2. The number of carboxylic acid groups (broad SMARTS) is 1. The number of nitrogens with zero attached hydrogens (tertiary/aromatic N) is 3. The first kappa shape index (κ1) is 12.6. The van der Waals surface area contributed by atoms with E-state index >= 15 is 0 Å². The van der Waals surface area contributed by atoms with Gasteiger partial charge in [-0.2, -0.15) is 5.10 Å². The third-order valence-corrected chi connectivity index (χ3v) is 3.01. The van der Waals surface area contributed by atoms with Gasteiger partial charge in [0.25, 0.3) is 0 Å². The van der Waals surface area contributed by atoms with Gasteiger partial charge in [-0.05, 0) is 6.42 Å². The molecule has 0 saturated carbocycles. The number of rotatable bonds is 4. The quantitative estimate of drug-likeness (QED) is 0.816. The average molecular weight is 253 g/mol. The fraction of sp³-hybridized carbons (Fsp3) is 0.545. The number of amides is 1. The smallest absolute Gasteiger partial charge is 0.338 e. The molecule has 7 nitrogen and oxygen atoms in total. The Balaban J connectivity index is 1.99. The number of carbonyl (C=O) groups excluding carboxylic acids is 1. The lowest BCUT2D eigenvalue weighted by Gasteiger charge is -2.15. The SMILES string of the molecule is COCC(=O)N1CC[C@@H](n2cc(C(=O)O)cn2)C1. The highest BCUT2D eigenvalue weighted by atomic mass is 16.5. The molecule has 18 heavy (non-hydrogen) atoms. The second-order valence-electron chi connectivity index (χ2n) is 4.23. The highest BCUT2D eigenvalue weighted by Gasteiger charge is 2.27. The standard InChI is InChI=1S/C11H15N3O4/c1-18-7-10(15)13-3-2-9(6-13)14-5-8(4-12-14)11(16)17/h4-5,9H,2-3,6-7H2,1H3,(H,16,17)/t9-/m1/s1. The zero-order chi connectivity index (χ0) is 13.1. The van der Waals surface area contributed by atoms with Crippen molar-refractivity contribution in [3.8, 4) is 0 Å². The van der Waals surface area contributed by atoms with Gasteiger partial charge >= 0.3 is 5.97 Å². The van der Waals surface area contributed by atoms with E-state index in [1.807, 2.05) is 0 Å². The summed E-state index contributed by atoms with van der Waals surface area (Å²) in [5, 5.41) is 12.8. The van der Waals surface area contributed by atoms with Gasteiger partial charge in [0.15, 0.2) is 0 Å². The number of hydrogen-bond acceptors (Lipinski definition) is 4. The Labute approximate surface area is 104 Å². The summed E-state index contributed by atoms with van der Waals surface area (Å²) in [4.78, 5) is 24.1. The van der Waals surface area contributed by atoms with Crippen molar-refractivity contribution in [1.29, 1.82) is 0 Å². The summed E-state index contributed by atoms with van der Waals surface area (Å²) in [6.07, 6.45) is 3.59. The maximum absolute atomic E-state index is 11.6. The van der Waals surface area contributed by atoms with Gasteiger partial charge in [0.05, 0.1) is 17.8 Å². The van der Waals surface area contributed by atoms with Crippen LogP contribution in [0.5, 0.6) is 0 Å². The molecule has 1 aromatic rings. The van der Waals surface area contributed by atoms with Gasteiger partial charge in [-0.25, -0.2) is 4.79 Å². The largest absolute Gasteiger partial charge is 0.478 e. The Hall–Kier alpha value is -1.89. The van der Waals surface area contributed by atoms with Crippen LogP contribution in [0, 0.1) is 0 Å². The minimum absolute atomic E-state index is 0.0407. The molecule has 1 aromatic heterocycles. The third kappa shape index (κ3) is 2.51. The second kappa shape index (κ2) is 5.18. The van der Waals surface area contributed by atoms with Crippen molar-refractivity contribution in [1.82, 2.24) is 14.7 Å². The van der Waals surface area contributed by atoms with E-state index in [0.29, 0.717) is 13.1 Å².